The van der Waals surface area contributed by atoms with Gasteiger partial charge in [0, 0.05) is 17.7 Å². The highest BCUT2D eigenvalue weighted by Crippen LogP contribution is 2.49. The van der Waals surface area contributed by atoms with Crippen molar-refractivity contribution >= 4 is 39.6 Å². The van der Waals surface area contributed by atoms with Crippen LogP contribution in [0.1, 0.15) is 18.4 Å². The number of carbonyl (C=O) groups excluding carboxylic acids is 2. The fourth-order valence-electron chi connectivity index (χ4n) is 4.10. The molecule has 5 rings (SSSR count). The number of hydrogen-bond donors (Lipinski definition) is 1. The molecule has 3 aliphatic carbocycles. The average Bonchev–Trinajstić information content (AvgIpc) is 2.90. The molecule has 4 aliphatic rings. The lowest BCUT2D eigenvalue weighted by molar-refractivity contribution is -0.385. The van der Waals surface area contributed by atoms with Crippen LogP contribution in [0.25, 0.3) is 0 Å². The van der Waals surface area contributed by atoms with E-state index in [9.17, 15) is 24.8 Å². The number of amides is 2. The molecule has 1 saturated carbocycles. The Labute approximate surface area is 156 Å². The number of fused-ring (bicyclic) bond motifs is 1. The van der Waals surface area contributed by atoms with E-state index in [1.54, 1.807) is 0 Å². The minimum absolute atomic E-state index is 0.0441. The van der Waals surface area contributed by atoms with Gasteiger partial charge in [0.2, 0.25) is 0 Å². The van der Waals surface area contributed by atoms with Crippen molar-refractivity contribution < 1.29 is 19.6 Å². The van der Waals surface area contributed by atoms with Crippen molar-refractivity contribution in [2.24, 2.45) is 28.8 Å². The third-order valence-corrected chi connectivity index (χ3v) is 5.94. The summed E-state index contributed by atoms with van der Waals surface area (Å²) in [5.74, 6) is -1.59. The second-order valence-electron chi connectivity index (χ2n) is 6.70. The largest absolute Gasteiger partial charge is 0.506 e. The minimum Gasteiger partial charge on any atom is -0.506 e. The number of nitrogens with zero attached hydrogens (tertiary/aromatic N) is 3. The summed E-state index contributed by atoms with van der Waals surface area (Å²) < 4.78 is 0.128. The quantitative estimate of drug-likeness (QED) is 0.266. The second kappa shape index (κ2) is 6.01. The van der Waals surface area contributed by atoms with E-state index in [0.29, 0.717) is 0 Å². The predicted molar refractivity (Wildman–Crippen MR) is 94.2 cm³/mol. The summed E-state index contributed by atoms with van der Waals surface area (Å²) in [5.41, 5.74) is -0.200. The van der Waals surface area contributed by atoms with E-state index in [0.717, 1.165) is 36.2 Å². The third kappa shape index (κ3) is 2.45. The molecule has 1 saturated heterocycles. The summed E-state index contributed by atoms with van der Waals surface area (Å²) >= 11 is 3.04. The molecule has 1 heterocycles. The lowest BCUT2D eigenvalue weighted by Gasteiger charge is -2.37. The normalized spacial score (nSPS) is 29.7. The van der Waals surface area contributed by atoms with Crippen molar-refractivity contribution in [1.29, 1.82) is 0 Å². The molecule has 0 radical (unpaired) electrons. The number of non-ortho nitro benzene ring substituents is 1. The van der Waals surface area contributed by atoms with Crippen molar-refractivity contribution in [2.75, 3.05) is 0 Å². The van der Waals surface area contributed by atoms with Crippen LogP contribution in [0.5, 0.6) is 5.75 Å². The number of rotatable bonds is 3. The smallest absolute Gasteiger partial charge is 0.271 e. The zero-order chi connectivity index (χ0) is 18.6. The van der Waals surface area contributed by atoms with Crippen LogP contribution in [0.3, 0.4) is 0 Å². The van der Waals surface area contributed by atoms with Crippen LogP contribution >= 0.6 is 15.9 Å². The van der Waals surface area contributed by atoms with Crippen LogP contribution < -0.4 is 0 Å². The van der Waals surface area contributed by atoms with Crippen LogP contribution in [-0.2, 0) is 9.59 Å². The number of phenols is 1. The Morgan fingerprint density at radius 1 is 1.19 bits per heavy atom. The summed E-state index contributed by atoms with van der Waals surface area (Å²) in [4.78, 5) is 35.7. The SMILES string of the molecule is O=C1C2C3C=CC(CC3)C2C(=O)N1/N=C/c1cc([N+](=O)[O-])cc(Br)c1O. The van der Waals surface area contributed by atoms with Crippen LogP contribution in [0, 0.1) is 33.8 Å². The highest BCUT2D eigenvalue weighted by Gasteiger charge is 2.56. The monoisotopic (exact) mass is 419 g/mol. The summed E-state index contributed by atoms with van der Waals surface area (Å²) in [6.07, 6.45) is 6.90. The molecule has 0 aromatic heterocycles. The molecule has 4 atom stereocenters. The van der Waals surface area contributed by atoms with Gasteiger partial charge in [-0.3, -0.25) is 19.7 Å². The molecule has 26 heavy (non-hydrogen) atoms. The Bertz CT molecular complexity index is 865. The number of halogens is 1. The number of nitro groups is 1. The van der Waals surface area contributed by atoms with Crippen LogP contribution in [-0.4, -0.2) is 33.1 Å². The number of carbonyl (C=O) groups is 2. The summed E-state index contributed by atoms with van der Waals surface area (Å²) in [7, 11) is 0. The first-order valence-electron chi connectivity index (χ1n) is 8.15. The Morgan fingerprint density at radius 2 is 1.77 bits per heavy atom. The van der Waals surface area contributed by atoms with Gasteiger partial charge in [0.15, 0.2) is 0 Å². The van der Waals surface area contributed by atoms with Crippen LogP contribution in [0.2, 0.25) is 0 Å². The summed E-state index contributed by atoms with van der Waals surface area (Å²) in [6, 6.07) is 2.30. The van der Waals surface area contributed by atoms with E-state index in [4.69, 9.17) is 0 Å². The first-order chi connectivity index (χ1) is 12.4. The van der Waals surface area contributed by atoms with Gasteiger partial charge < -0.3 is 5.11 Å². The maximum Gasteiger partial charge on any atom is 0.271 e. The molecule has 2 fully saturated rings. The number of hydrazone groups is 1. The highest BCUT2D eigenvalue weighted by molar-refractivity contribution is 9.10. The number of aromatic hydroxyl groups is 1. The molecular weight excluding hydrogens is 406 g/mol. The fourth-order valence-corrected chi connectivity index (χ4v) is 4.56. The summed E-state index contributed by atoms with van der Waals surface area (Å²) in [6.45, 7) is 0. The molecule has 1 aromatic carbocycles. The lowest BCUT2D eigenvalue weighted by atomic mass is 9.63. The van der Waals surface area contributed by atoms with Gasteiger partial charge in [0.1, 0.15) is 5.75 Å². The van der Waals surface area contributed by atoms with Crippen molar-refractivity contribution in [2.45, 2.75) is 12.8 Å². The van der Waals surface area contributed by atoms with Crippen molar-refractivity contribution in [3.63, 3.8) is 0 Å². The molecule has 2 amide bonds. The number of allylic oxidation sites excluding steroid dienone is 2. The molecule has 2 bridgehead atoms. The van der Waals surface area contributed by atoms with Gasteiger partial charge in [-0.05, 0) is 40.6 Å². The number of imide groups is 1. The highest BCUT2D eigenvalue weighted by atomic mass is 79.9. The molecular formula is C17H14BrN3O5. The average molecular weight is 420 g/mol. The predicted octanol–water partition coefficient (Wildman–Crippen LogP) is 2.59. The van der Waals surface area contributed by atoms with Gasteiger partial charge in [0.05, 0.1) is 27.4 Å². The van der Waals surface area contributed by atoms with E-state index >= 15 is 0 Å². The molecule has 1 N–H and O–H groups in total. The molecule has 1 aromatic rings. The topological polar surface area (TPSA) is 113 Å². The van der Waals surface area contributed by atoms with Crippen LogP contribution in [0.4, 0.5) is 5.69 Å². The van der Waals surface area contributed by atoms with Crippen molar-refractivity contribution in [3.05, 3.63) is 44.4 Å². The Balaban J connectivity index is 1.65. The van der Waals surface area contributed by atoms with Gasteiger partial charge in [-0.2, -0.15) is 10.1 Å². The third-order valence-electron chi connectivity index (χ3n) is 5.34. The van der Waals surface area contributed by atoms with E-state index in [1.807, 2.05) is 12.2 Å². The second-order valence-corrected chi connectivity index (χ2v) is 7.55. The van der Waals surface area contributed by atoms with Gasteiger partial charge in [0.25, 0.3) is 17.5 Å². The Kier molecular flexibility index (Phi) is 3.91. The van der Waals surface area contributed by atoms with Gasteiger partial charge >= 0.3 is 0 Å². The minimum atomic E-state index is -0.606. The maximum atomic E-state index is 12.7. The molecule has 8 nitrogen and oxygen atoms in total. The zero-order valence-electron chi connectivity index (χ0n) is 13.4. The first-order valence-corrected chi connectivity index (χ1v) is 8.95. The fraction of sp³-hybridized carbons (Fsp3) is 0.353. The van der Waals surface area contributed by atoms with Crippen molar-refractivity contribution in [3.8, 4) is 5.75 Å². The Hall–Kier alpha value is -2.55. The van der Waals surface area contributed by atoms with Crippen molar-refractivity contribution in [1.82, 2.24) is 5.01 Å². The standard InChI is InChI=1S/C17H14BrN3O5/c18-12-6-11(21(25)26)5-10(15(12)22)7-19-20-16(23)13-8-1-2-9(4-3-8)14(13)17(20)24/h1-2,5-9,13-14,22H,3-4H2/b19-7+. The number of benzene rings is 1. The molecule has 1 aliphatic heterocycles. The molecule has 0 spiro atoms. The maximum absolute atomic E-state index is 12.7. The molecule has 134 valence electrons. The van der Waals surface area contributed by atoms with Crippen LogP contribution in [0.15, 0.2) is 33.9 Å². The number of nitro benzene ring substituents is 1. The number of hydrogen-bond acceptors (Lipinski definition) is 6. The summed E-state index contributed by atoms with van der Waals surface area (Å²) in [5, 5.41) is 25.8. The number of phenolic OH excluding ortho intramolecular Hbond substituents is 1. The van der Waals surface area contributed by atoms with Gasteiger partial charge in [-0.15, -0.1) is 0 Å². The Morgan fingerprint density at radius 3 is 2.27 bits per heavy atom. The zero-order valence-corrected chi connectivity index (χ0v) is 15.0. The lowest BCUT2D eigenvalue weighted by Crippen LogP contribution is -2.38. The van der Waals surface area contributed by atoms with E-state index in [2.05, 4.69) is 21.0 Å². The van der Waals surface area contributed by atoms with Gasteiger partial charge in [-0.25, -0.2) is 0 Å². The van der Waals surface area contributed by atoms with E-state index in [-0.39, 0.29) is 57.0 Å². The molecule has 9 heteroatoms. The van der Waals surface area contributed by atoms with E-state index in [1.165, 1.54) is 0 Å². The molecule has 4 unspecified atom stereocenters. The van der Waals surface area contributed by atoms with E-state index < -0.39 is 4.92 Å². The first kappa shape index (κ1) is 16.9. The van der Waals surface area contributed by atoms with Gasteiger partial charge in [-0.1, -0.05) is 12.2 Å².